The topological polar surface area (TPSA) is 75.0 Å². The Labute approximate surface area is 171 Å². The third kappa shape index (κ3) is 4.86. The number of hydrogen-bond donors (Lipinski definition) is 1. The molecule has 7 heteroatoms. The quantitative estimate of drug-likeness (QED) is 0.807. The number of amides is 1. The Morgan fingerprint density at radius 3 is 2.69 bits per heavy atom. The number of benzene rings is 1. The Bertz CT molecular complexity index is 905. The molecule has 0 bridgehead atoms. The molecule has 156 valence electrons. The van der Waals surface area contributed by atoms with Gasteiger partial charge in [-0.3, -0.25) is 14.5 Å². The van der Waals surface area contributed by atoms with E-state index in [-0.39, 0.29) is 18.6 Å². The SMILES string of the molecule is Cc1cccc(-n2c(C)cc(C(=O)N3CCOC(CN(C)CC(=O)O)C3)c2C)c1. The molecule has 2 heterocycles. The molecule has 1 saturated heterocycles. The number of carbonyl (C=O) groups is 2. The molecule has 1 amide bonds. The summed E-state index contributed by atoms with van der Waals surface area (Å²) in [6.45, 7) is 7.90. The van der Waals surface area contributed by atoms with Crippen molar-refractivity contribution < 1.29 is 19.4 Å². The summed E-state index contributed by atoms with van der Waals surface area (Å²) in [5.74, 6) is -0.883. The molecule has 3 rings (SSSR count). The van der Waals surface area contributed by atoms with Crippen molar-refractivity contribution >= 4 is 11.9 Å². The smallest absolute Gasteiger partial charge is 0.317 e. The molecule has 1 aromatic carbocycles. The van der Waals surface area contributed by atoms with Crippen LogP contribution in [0.2, 0.25) is 0 Å². The van der Waals surface area contributed by atoms with Gasteiger partial charge in [0.15, 0.2) is 0 Å². The van der Waals surface area contributed by atoms with Crippen molar-refractivity contribution in [3.05, 3.63) is 52.8 Å². The number of rotatable bonds is 6. The standard InChI is InChI=1S/C22H29N3O4/c1-15-6-5-7-18(10-15)25-16(2)11-20(17(25)3)22(28)24-8-9-29-19(13-24)12-23(4)14-21(26)27/h5-7,10-11,19H,8-9,12-14H2,1-4H3,(H,26,27). The first-order valence-electron chi connectivity index (χ1n) is 9.83. The predicted octanol–water partition coefficient (Wildman–Crippen LogP) is 2.26. The Hall–Kier alpha value is -2.64. The fraction of sp³-hybridized carbons (Fsp3) is 0.455. The highest BCUT2D eigenvalue weighted by Crippen LogP contribution is 2.23. The number of ether oxygens (including phenoxy) is 1. The molecule has 1 aromatic heterocycles. The number of nitrogens with zero attached hydrogens (tertiary/aromatic N) is 3. The fourth-order valence-corrected chi connectivity index (χ4v) is 3.97. The van der Waals surface area contributed by atoms with E-state index in [0.29, 0.717) is 31.8 Å². The minimum atomic E-state index is -0.875. The summed E-state index contributed by atoms with van der Waals surface area (Å²) in [7, 11) is 1.74. The maximum atomic E-state index is 13.2. The third-order valence-corrected chi connectivity index (χ3v) is 5.27. The van der Waals surface area contributed by atoms with Crippen LogP contribution in [-0.4, -0.2) is 77.3 Å². The van der Waals surface area contributed by atoms with E-state index in [1.807, 2.05) is 36.9 Å². The van der Waals surface area contributed by atoms with E-state index in [1.54, 1.807) is 11.9 Å². The zero-order valence-corrected chi connectivity index (χ0v) is 17.5. The van der Waals surface area contributed by atoms with Crippen molar-refractivity contribution in [2.24, 2.45) is 0 Å². The van der Waals surface area contributed by atoms with Gasteiger partial charge in [-0.2, -0.15) is 0 Å². The molecule has 1 aliphatic rings. The lowest BCUT2D eigenvalue weighted by molar-refractivity contribution is -0.138. The molecular weight excluding hydrogens is 370 g/mol. The van der Waals surface area contributed by atoms with Gasteiger partial charge in [-0.1, -0.05) is 12.1 Å². The summed E-state index contributed by atoms with van der Waals surface area (Å²) in [5.41, 5.74) is 4.86. The maximum absolute atomic E-state index is 13.2. The summed E-state index contributed by atoms with van der Waals surface area (Å²) in [6.07, 6.45) is -0.197. The molecule has 0 aliphatic carbocycles. The van der Waals surface area contributed by atoms with Crippen LogP contribution < -0.4 is 0 Å². The zero-order chi connectivity index (χ0) is 21.1. The average Bonchev–Trinajstić information content (AvgIpc) is 2.94. The van der Waals surface area contributed by atoms with Gasteiger partial charge >= 0.3 is 5.97 Å². The number of likely N-dealkylation sites (N-methyl/N-ethyl adjacent to an activating group) is 1. The number of hydrogen-bond acceptors (Lipinski definition) is 4. The van der Waals surface area contributed by atoms with Crippen LogP contribution in [-0.2, 0) is 9.53 Å². The van der Waals surface area contributed by atoms with Gasteiger partial charge in [0.05, 0.1) is 24.8 Å². The summed E-state index contributed by atoms with van der Waals surface area (Å²) >= 11 is 0. The first kappa shape index (κ1) is 21.1. The molecule has 0 spiro atoms. The molecule has 1 fully saturated rings. The number of carboxylic acids is 1. The van der Waals surface area contributed by atoms with E-state index < -0.39 is 5.97 Å². The Balaban J connectivity index is 1.76. The van der Waals surface area contributed by atoms with E-state index in [0.717, 1.165) is 17.1 Å². The second-order valence-electron chi connectivity index (χ2n) is 7.79. The summed E-state index contributed by atoms with van der Waals surface area (Å²) in [5, 5.41) is 8.92. The minimum absolute atomic E-state index is 0.00816. The zero-order valence-electron chi connectivity index (χ0n) is 17.5. The van der Waals surface area contributed by atoms with Crippen LogP contribution in [0.4, 0.5) is 0 Å². The summed E-state index contributed by atoms with van der Waals surface area (Å²) in [4.78, 5) is 27.6. The van der Waals surface area contributed by atoms with Gasteiger partial charge in [-0.15, -0.1) is 0 Å². The molecule has 1 atom stereocenters. The number of aliphatic carboxylic acids is 1. The largest absolute Gasteiger partial charge is 0.480 e. The first-order chi connectivity index (χ1) is 13.8. The molecule has 1 aliphatic heterocycles. The van der Waals surface area contributed by atoms with Crippen LogP contribution in [0.1, 0.15) is 27.3 Å². The monoisotopic (exact) mass is 399 g/mol. The third-order valence-electron chi connectivity index (χ3n) is 5.27. The Kier molecular flexibility index (Phi) is 6.39. The second-order valence-corrected chi connectivity index (χ2v) is 7.79. The molecule has 1 N–H and O–H groups in total. The highest BCUT2D eigenvalue weighted by molar-refractivity contribution is 5.96. The Morgan fingerprint density at radius 2 is 2.00 bits per heavy atom. The second kappa shape index (κ2) is 8.80. The van der Waals surface area contributed by atoms with Crippen molar-refractivity contribution in [2.75, 3.05) is 39.8 Å². The van der Waals surface area contributed by atoms with Gasteiger partial charge in [-0.05, 0) is 51.6 Å². The number of aryl methyl sites for hydroxylation is 2. The first-order valence-corrected chi connectivity index (χ1v) is 9.83. The van der Waals surface area contributed by atoms with Crippen molar-refractivity contribution in [1.82, 2.24) is 14.4 Å². The van der Waals surface area contributed by atoms with E-state index in [1.165, 1.54) is 5.56 Å². The molecule has 29 heavy (non-hydrogen) atoms. The van der Waals surface area contributed by atoms with E-state index in [9.17, 15) is 9.59 Å². The van der Waals surface area contributed by atoms with Crippen LogP contribution in [0.25, 0.3) is 5.69 Å². The van der Waals surface area contributed by atoms with Crippen molar-refractivity contribution in [1.29, 1.82) is 0 Å². The Morgan fingerprint density at radius 1 is 1.24 bits per heavy atom. The van der Waals surface area contributed by atoms with Gasteiger partial charge in [0.25, 0.3) is 5.91 Å². The molecule has 7 nitrogen and oxygen atoms in total. The highest BCUT2D eigenvalue weighted by Gasteiger charge is 2.28. The lowest BCUT2D eigenvalue weighted by atomic mass is 10.1. The van der Waals surface area contributed by atoms with E-state index >= 15 is 0 Å². The fourth-order valence-electron chi connectivity index (χ4n) is 3.97. The van der Waals surface area contributed by atoms with E-state index in [4.69, 9.17) is 9.84 Å². The number of aromatic nitrogens is 1. The maximum Gasteiger partial charge on any atom is 0.317 e. The predicted molar refractivity (Wildman–Crippen MR) is 111 cm³/mol. The lowest BCUT2D eigenvalue weighted by Gasteiger charge is -2.34. The molecule has 2 aromatic rings. The molecule has 0 radical (unpaired) electrons. The summed E-state index contributed by atoms with van der Waals surface area (Å²) in [6, 6.07) is 10.2. The van der Waals surface area contributed by atoms with Crippen molar-refractivity contribution in [2.45, 2.75) is 26.9 Å². The molecule has 0 saturated carbocycles. The van der Waals surface area contributed by atoms with Gasteiger partial charge < -0.3 is 19.3 Å². The van der Waals surface area contributed by atoms with Crippen LogP contribution in [0.3, 0.4) is 0 Å². The van der Waals surface area contributed by atoms with Gasteiger partial charge in [0.1, 0.15) is 0 Å². The number of carboxylic acid groups (broad SMARTS) is 1. The van der Waals surface area contributed by atoms with Crippen LogP contribution in [0.15, 0.2) is 30.3 Å². The van der Waals surface area contributed by atoms with Gasteiger partial charge in [0.2, 0.25) is 0 Å². The number of morpholine rings is 1. The van der Waals surface area contributed by atoms with Crippen molar-refractivity contribution in [3.63, 3.8) is 0 Å². The highest BCUT2D eigenvalue weighted by atomic mass is 16.5. The van der Waals surface area contributed by atoms with Gasteiger partial charge in [0, 0.05) is 36.7 Å². The van der Waals surface area contributed by atoms with Gasteiger partial charge in [-0.25, -0.2) is 0 Å². The normalized spacial score (nSPS) is 17.0. The van der Waals surface area contributed by atoms with E-state index in [2.05, 4.69) is 23.6 Å². The minimum Gasteiger partial charge on any atom is -0.480 e. The summed E-state index contributed by atoms with van der Waals surface area (Å²) < 4.78 is 7.86. The lowest BCUT2D eigenvalue weighted by Crippen LogP contribution is -2.49. The van der Waals surface area contributed by atoms with Crippen LogP contribution in [0, 0.1) is 20.8 Å². The number of carbonyl (C=O) groups excluding carboxylic acids is 1. The van der Waals surface area contributed by atoms with Crippen LogP contribution >= 0.6 is 0 Å². The van der Waals surface area contributed by atoms with Crippen molar-refractivity contribution in [3.8, 4) is 5.69 Å². The van der Waals surface area contributed by atoms with Crippen LogP contribution in [0.5, 0.6) is 0 Å². The molecule has 1 unspecified atom stereocenters. The average molecular weight is 399 g/mol. The molecular formula is C22H29N3O4.